The summed E-state index contributed by atoms with van der Waals surface area (Å²) in [5.74, 6) is 0.257. The summed E-state index contributed by atoms with van der Waals surface area (Å²) in [5.41, 5.74) is 5.12. The molecule has 3 aromatic carbocycles. The van der Waals surface area contributed by atoms with Crippen molar-refractivity contribution in [3.8, 4) is 11.1 Å². The largest absolute Gasteiger partial charge is 0.466 e. The lowest BCUT2D eigenvalue weighted by Gasteiger charge is -2.16. The van der Waals surface area contributed by atoms with Crippen LogP contribution in [0.25, 0.3) is 11.1 Å². The molecule has 0 fully saturated rings. The number of hydrogen-bond acceptors (Lipinski definition) is 2. The summed E-state index contributed by atoms with van der Waals surface area (Å²) in [5, 5.41) is 0. The lowest BCUT2D eigenvalue weighted by molar-refractivity contribution is -0.144. The first-order valence-corrected chi connectivity index (χ1v) is 10.6. The zero-order chi connectivity index (χ0) is 20.3. The Morgan fingerprint density at radius 2 is 1.24 bits per heavy atom. The van der Waals surface area contributed by atoms with Crippen molar-refractivity contribution in [1.29, 1.82) is 0 Å². The van der Waals surface area contributed by atoms with Gasteiger partial charge in [-0.1, -0.05) is 84.9 Å². The summed E-state index contributed by atoms with van der Waals surface area (Å²) >= 11 is 0. The molecule has 0 radical (unpaired) electrons. The first-order valence-electron chi connectivity index (χ1n) is 10.6. The smallest absolute Gasteiger partial charge is 0.306 e. The molecule has 1 unspecified atom stereocenters. The molecule has 29 heavy (non-hydrogen) atoms. The van der Waals surface area contributed by atoms with Crippen LogP contribution in [0.4, 0.5) is 0 Å². The lowest BCUT2D eigenvalue weighted by Crippen LogP contribution is -2.13. The second-order valence-corrected chi connectivity index (χ2v) is 7.50. The summed E-state index contributed by atoms with van der Waals surface area (Å²) in [7, 11) is 0. The molecule has 0 saturated carbocycles. The van der Waals surface area contributed by atoms with Crippen LogP contribution in [0.1, 0.15) is 37.3 Å². The highest BCUT2D eigenvalue weighted by Crippen LogP contribution is 2.23. The Kier molecular flexibility index (Phi) is 8.06. The number of ether oxygens (including phenoxy) is 1. The molecule has 2 heteroatoms. The number of esters is 1. The molecule has 0 aliphatic rings. The Labute approximate surface area is 174 Å². The molecule has 0 heterocycles. The third-order valence-electron chi connectivity index (χ3n) is 5.35. The molecule has 0 aromatic heterocycles. The van der Waals surface area contributed by atoms with E-state index >= 15 is 0 Å². The van der Waals surface area contributed by atoms with Gasteiger partial charge in [-0.25, -0.2) is 0 Å². The topological polar surface area (TPSA) is 26.3 Å². The fourth-order valence-corrected chi connectivity index (χ4v) is 3.68. The number of carbonyl (C=O) groups is 1. The maximum atomic E-state index is 12.1. The van der Waals surface area contributed by atoms with Crippen LogP contribution in [-0.2, 0) is 22.4 Å². The van der Waals surface area contributed by atoms with Crippen molar-refractivity contribution in [2.75, 3.05) is 6.61 Å². The van der Waals surface area contributed by atoms with Crippen LogP contribution in [0.15, 0.2) is 84.9 Å². The van der Waals surface area contributed by atoms with E-state index in [9.17, 15) is 4.79 Å². The maximum Gasteiger partial charge on any atom is 0.306 e. The van der Waals surface area contributed by atoms with Gasteiger partial charge in [0.25, 0.3) is 0 Å². The van der Waals surface area contributed by atoms with Gasteiger partial charge in [0.15, 0.2) is 0 Å². The summed E-state index contributed by atoms with van der Waals surface area (Å²) in [4.78, 5) is 12.1. The van der Waals surface area contributed by atoms with E-state index in [2.05, 4.69) is 72.8 Å². The van der Waals surface area contributed by atoms with E-state index in [1.54, 1.807) is 0 Å². The molecular formula is C27H30O2. The molecule has 1 atom stereocenters. The first-order chi connectivity index (χ1) is 14.2. The van der Waals surface area contributed by atoms with E-state index < -0.39 is 0 Å². The van der Waals surface area contributed by atoms with Crippen LogP contribution in [0.2, 0.25) is 0 Å². The van der Waals surface area contributed by atoms with Gasteiger partial charge in [0.2, 0.25) is 0 Å². The predicted octanol–water partition coefficient (Wildman–Crippen LogP) is 6.49. The highest BCUT2D eigenvalue weighted by Gasteiger charge is 2.15. The third-order valence-corrected chi connectivity index (χ3v) is 5.35. The van der Waals surface area contributed by atoms with Crippen molar-refractivity contribution in [2.45, 2.75) is 39.0 Å². The van der Waals surface area contributed by atoms with E-state index in [1.807, 2.05) is 19.1 Å². The molecule has 0 N–H and O–H groups in total. The minimum Gasteiger partial charge on any atom is -0.466 e. The standard InChI is InChI=1S/C27H30O2/c1-2-29-27(28)21-24(15-13-22-9-5-3-6-10-22)16-14-23-17-19-26(20-18-23)25-11-7-4-8-12-25/h3-12,17-20,24H,2,13-16,21H2,1H3. The Balaban J connectivity index is 1.58. The monoisotopic (exact) mass is 386 g/mol. The SMILES string of the molecule is CCOC(=O)CC(CCc1ccccc1)CCc1ccc(-c2ccccc2)cc1. The van der Waals surface area contributed by atoms with Crippen LogP contribution >= 0.6 is 0 Å². The van der Waals surface area contributed by atoms with Crippen molar-refractivity contribution >= 4 is 5.97 Å². The van der Waals surface area contributed by atoms with E-state index in [0.29, 0.717) is 18.9 Å². The van der Waals surface area contributed by atoms with Crippen LogP contribution in [0, 0.1) is 5.92 Å². The van der Waals surface area contributed by atoms with Gasteiger partial charge in [-0.2, -0.15) is 0 Å². The minimum absolute atomic E-state index is 0.0787. The Morgan fingerprint density at radius 1 is 0.724 bits per heavy atom. The molecule has 0 saturated heterocycles. The van der Waals surface area contributed by atoms with Crippen LogP contribution in [-0.4, -0.2) is 12.6 Å². The number of carbonyl (C=O) groups excluding carboxylic acids is 1. The second-order valence-electron chi connectivity index (χ2n) is 7.50. The van der Waals surface area contributed by atoms with Gasteiger partial charge in [0, 0.05) is 6.42 Å². The van der Waals surface area contributed by atoms with Crippen LogP contribution < -0.4 is 0 Å². The molecular weight excluding hydrogens is 356 g/mol. The molecule has 0 amide bonds. The predicted molar refractivity (Wildman–Crippen MR) is 120 cm³/mol. The molecule has 0 spiro atoms. The fraction of sp³-hybridized carbons (Fsp3) is 0.296. The molecule has 3 aromatic rings. The van der Waals surface area contributed by atoms with E-state index in [1.165, 1.54) is 22.3 Å². The molecule has 3 rings (SSSR count). The van der Waals surface area contributed by atoms with Crippen molar-refractivity contribution in [3.63, 3.8) is 0 Å². The summed E-state index contributed by atoms with van der Waals surface area (Å²) in [6.45, 7) is 2.32. The highest BCUT2D eigenvalue weighted by molar-refractivity contribution is 5.69. The van der Waals surface area contributed by atoms with Gasteiger partial charge < -0.3 is 4.74 Å². The molecule has 150 valence electrons. The third kappa shape index (κ3) is 6.90. The molecule has 0 aliphatic carbocycles. The van der Waals surface area contributed by atoms with Crippen molar-refractivity contribution in [3.05, 3.63) is 96.1 Å². The minimum atomic E-state index is -0.0787. The van der Waals surface area contributed by atoms with Gasteiger partial charge in [0.1, 0.15) is 0 Å². The number of rotatable bonds is 10. The normalized spacial score (nSPS) is 11.8. The average molecular weight is 387 g/mol. The molecule has 0 bridgehead atoms. The van der Waals surface area contributed by atoms with Crippen molar-refractivity contribution < 1.29 is 9.53 Å². The van der Waals surface area contributed by atoms with Crippen LogP contribution in [0.5, 0.6) is 0 Å². The van der Waals surface area contributed by atoms with Gasteiger partial charge in [-0.15, -0.1) is 0 Å². The first kappa shape index (κ1) is 20.9. The number of benzene rings is 3. The lowest BCUT2D eigenvalue weighted by atomic mass is 9.90. The number of hydrogen-bond donors (Lipinski definition) is 0. The Morgan fingerprint density at radius 3 is 1.83 bits per heavy atom. The Hall–Kier alpha value is -2.87. The van der Waals surface area contributed by atoms with E-state index in [0.717, 1.165) is 25.7 Å². The summed E-state index contributed by atoms with van der Waals surface area (Å²) in [6, 6.07) is 29.7. The van der Waals surface area contributed by atoms with Gasteiger partial charge in [0.05, 0.1) is 6.61 Å². The average Bonchev–Trinajstić information content (AvgIpc) is 2.77. The number of aryl methyl sites for hydroxylation is 2. The highest BCUT2D eigenvalue weighted by atomic mass is 16.5. The quantitative estimate of drug-likeness (QED) is 0.372. The van der Waals surface area contributed by atoms with Crippen LogP contribution in [0.3, 0.4) is 0 Å². The summed E-state index contributed by atoms with van der Waals surface area (Å²) < 4.78 is 5.20. The van der Waals surface area contributed by atoms with E-state index in [4.69, 9.17) is 4.74 Å². The van der Waals surface area contributed by atoms with Crippen molar-refractivity contribution in [2.24, 2.45) is 5.92 Å². The van der Waals surface area contributed by atoms with E-state index in [-0.39, 0.29) is 5.97 Å². The van der Waals surface area contributed by atoms with Gasteiger partial charge in [-0.3, -0.25) is 4.79 Å². The van der Waals surface area contributed by atoms with Gasteiger partial charge >= 0.3 is 5.97 Å². The van der Waals surface area contributed by atoms with Crippen molar-refractivity contribution in [1.82, 2.24) is 0 Å². The molecule has 0 aliphatic heterocycles. The second kappa shape index (κ2) is 11.2. The molecule has 2 nitrogen and oxygen atoms in total. The van der Waals surface area contributed by atoms with Gasteiger partial charge in [-0.05, 0) is 60.8 Å². The zero-order valence-electron chi connectivity index (χ0n) is 17.2. The fourth-order valence-electron chi connectivity index (χ4n) is 3.68. The Bertz CT molecular complexity index is 854. The summed E-state index contributed by atoms with van der Waals surface area (Å²) in [6.07, 6.45) is 4.48. The zero-order valence-corrected chi connectivity index (χ0v) is 17.2. The maximum absolute atomic E-state index is 12.1.